The Morgan fingerprint density at radius 1 is 1.26 bits per heavy atom. The Bertz CT molecular complexity index is 705. The van der Waals surface area contributed by atoms with Gasteiger partial charge in [0.1, 0.15) is 10.7 Å². The lowest BCUT2D eigenvalue weighted by atomic mass is 10.2. The average molecular weight is 338 g/mol. The highest BCUT2D eigenvalue weighted by atomic mass is 32.1. The van der Waals surface area contributed by atoms with Crippen LogP contribution in [0.5, 0.6) is 0 Å². The quantitative estimate of drug-likeness (QED) is 0.721. The SMILES string of the molecule is Cc1c(C(=O)NCCCCCC(=O)O)sc2nnc(C(C)C)n12. The predicted molar refractivity (Wildman–Crippen MR) is 88.1 cm³/mol. The maximum atomic E-state index is 12.3. The molecule has 0 spiro atoms. The van der Waals surface area contributed by atoms with Gasteiger partial charge in [0.25, 0.3) is 5.91 Å². The van der Waals surface area contributed by atoms with E-state index in [0.717, 1.165) is 29.3 Å². The van der Waals surface area contributed by atoms with Crippen molar-refractivity contribution >= 4 is 28.2 Å². The number of carbonyl (C=O) groups is 2. The number of carboxylic acids is 1. The summed E-state index contributed by atoms with van der Waals surface area (Å²) in [6.07, 6.45) is 2.39. The average Bonchev–Trinajstić information content (AvgIpc) is 3.03. The fraction of sp³-hybridized carbons (Fsp3) is 0.600. The van der Waals surface area contributed by atoms with Crippen molar-refractivity contribution in [2.24, 2.45) is 0 Å². The molecule has 0 aliphatic rings. The van der Waals surface area contributed by atoms with Crippen LogP contribution < -0.4 is 5.32 Å². The summed E-state index contributed by atoms with van der Waals surface area (Å²) in [7, 11) is 0. The maximum absolute atomic E-state index is 12.3. The zero-order valence-electron chi connectivity index (χ0n) is 13.6. The van der Waals surface area contributed by atoms with Crippen molar-refractivity contribution in [1.29, 1.82) is 0 Å². The van der Waals surface area contributed by atoms with Crippen molar-refractivity contribution in [3.05, 3.63) is 16.4 Å². The van der Waals surface area contributed by atoms with E-state index in [1.54, 1.807) is 0 Å². The third-order valence-corrected chi connectivity index (χ3v) is 4.72. The minimum Gasteiger partial charge on any atom is -0.481 e. The number of carbonyl (C=O) groups excluding carboxylic acids is 1. The summed E-state index contributed by atoms with van der Waals surface area (Å²) in [5.41, 5.74) is 0.863. The summed E-state index contributed by atoms with van der Waals surface area (Å²) < 4.78 is 1.94. The minimum atomic E-state index is -0.777. The molecule has 0 aromatic carbocycles. The number of aromatic nitrogens is 3. The van der Waals surface area contributed by atoms with Crippen LogP contribution in [-0.2, 0) is 4.79 Å². The van der Waals surface area contributed by atoms with Crippen molar-refractivity contribution in [3.63, 3.8) is 0 Å². The molecule has 126 valence electrons. The molecule has 2 heterocycles. The molecule has 0 atom stereocenters. The predicted octanol–water partition coefficient (Wildman–Crippen LogP) is 2.60. The zero-order valence-corrected chi connectivity index (χ0v) is 14.4. The minimum absolute atomic E-state index is 0.106. The monoisotopic (exact) mass is 338 g/mol. The molecule has 2 aromatic heterocycles. The van der Waals surface area contributed by atoms with Crippen molar-refractivity contribution in [3.8, 4) is 0 Å². The van der Waals surface area contributed by atoms with Gasteiger partial charge in [-0.05, 0) is 19.8 Å². The zero-order chi connectivity index (χ0) is 17.0. The van der Waals surface area contributed by atoms with Gasteiger partial charge in [-0.1, -0.05) is 31.6 Å². The van der Waals surface area contributed by atoms with Gasteiger partial charge in [0.05, 0.1) is 0 Å². The standard InChI is InChI=1S/C15H22N4O3S/c1-9(2)13-17-18-15-19(13)10(3)12(23-15)14(22)16-8-6-4-5-7-11(20)21/h9H,4-8H2,1-3H3,(H,16,22)(H,20,21). The molecule has 0 aliphatic heterocycles. The summed E-state index contributed by atoms with van der Waals surface area (Å²) in [6, 6.07) is 0. The molecule has 23 heavy (non-hydrogen) atoms. The second-order valence-corrected chi connectivity index (χ2v) is 6.79. The number of aliphatic carboxylic acids is 1. The molecule has 0 fully saturated rings. The number of hydrogen-bond acceptors (Lipinski definition) is 5. The Morgan fingerprint density at radius 3 is 2.65 bits per heavy atom. The van der Waals surface area contributed by atoms with E-state index in [1.165, 1.54) is 11.3 Å². The first-order valence-corrected chi connectivity index (χ1v) is 8.58. The first-order chi connectivity index (χ1) is 10.9. The van der Waals surface area contributed by atoms with Crippen LogP contribution in [0.3, 0.4) is 0 Å². The van der Waals surface area contributed by atoms with Crippen LogP contribution in [-0.4, -0.2) is 38.1 Å². The normalized spacial score (nSPS) is 11.3. The lowest BCUT2D eigenvalue weighted by Crippen LogP contribution is -2.24. The molecule has 7 nitrogen and oxygen atoms in total. The van der Waals surface area contributed by atoms with E-state index in [0.29, 0.717) is 17.8 Å². The number of aryl methyl sites for hydroxylation is 1. The molecule has 0 radical (unpaired) electrons. The highest BCUT2D eigenvalue weighted by molar-refractivity contribution is 7.19. The van der Waals surface area contributed by atoms with Crippen LogP contribution >= 0.6 is 11.3 Å². The number of carboxylic acid groups (broad SMARTS) is 1. The molecular formula is C15H22N4O3S. The van der Waals surface area contributed by atoms with E-state index < -0.39 is 5.97 Å². The molecule has 0 saturated heterocycles. The number of nitrogens with one attached hydrogen (secondary N) is 1. The summed E-state index contributed by atoms with van der Waals surface area (Å²) in [6.45, 7) is 6.54. The number of nitrogens with zero attached hydrogens (tertiary/aromatic N) is 3. The Hall–Kier alpha value is -1.96. The molecule has 8 heteroatoms. The van der Waals surface area contributed by atoms with Crippen molar-refractivity contribution < 1.29 is 14.7 Å². The Balaban J connectivity index is 1.94. The molecule has 0 aliphatic carbocycles. The topological polar surface area (TPSA) is 96.6 Å². The number of amides is 1. The fourth-order valence-electron chi connectivity index (χ4n) is 2.37. The Kier molecular flexibility index (Phi) is 5.70. The highest BCUT2D eigenvalue weighted by Crippen LogP contribution is 2.25. The number of hydrogen-bond donors (Lipinski definition) is 2. The summed E-state index contributed by atoms with van der Waals surface area (Å²) in [5.74, 6) is 0.219. The van der Waals surface area contributed by atoms with Gasteiger partial charge >= 0.3 is 5.97 Å². The van der Waals surface area contributed by atoms with E-state index in [2.05, 4.69) is 15.5 Å². The fourth-order valence-corrected chi connectivity index (χ4v) is 3.36. The van der Waals surface area contributed by atoms with Gasteiger partial charge in [0.15, 0.2) is 0 Å². The number of thiazole rings is 1. The van der Waals surface area contributed by atoms with Gasteiger partial charge in [-0.25, -0.2) is 0 Å². The van der Waals surface area contributed by atoms with Crippen LogP contribution in [0.15, 0.2) is 0 Å². The molecule has 1 amide bonds. The molecule has 2 rings (SSSR count). The van der Waals surface area contributed by atoms with Crippen LogP contribution in [0.25, 0.3) is 4.96 Å². The van der Waals surface area contributed by atoms with Crippen molar-refractivity contribution in [2.75, 3.05) is 6.54 Å². The largest absolute Gasteiger partial charge is 0.481 e. The summed E-state index contributed by atoms with van der Waals surface area (Å²) in [5, 5.41) is 19.8. The first kappa shape index (κ1) is 17.4. The van der Waals surface area contributed by atoms with Gasteiger partial charge in [-0.3, -0.25) is 14.0 Å². The van der Waals surface area contributed by atoms with Crippen LogP contribution in [0.2, 0.25) is 0 Å². The molecule has 0 saturated carbocycles. The maximum Gasteiger partial charge on any atom is 0.303 e. The van der Waals surface area contributed by atoms with Crippen molar-refractivity contribution in [2.45, 2.75) is 52.4 Å². The van der Waals surface area contributed by atoms with Gasteiger partial charge < -0.3 is 10.4 Å². The smallest absolute Gasteiger partial charge is 0.303 e. The van der Waals surface area contributed by atoms with E-state index in [9.17, 15) is 9.59 Å². The van der Waals surface area contributed by atoms with Crippen molar-refractivity contribution in [1.82, 2.24) is 19.9 Å². The lowest BCUT2D eigenvalue weighted by Gasteiger charge is -2.05. The summed E-state index contributed by atoms with van der Waals surface area (Å²) in [4.78, 5) is 24.1. The van der Waals surface area contributed by atoms with Crippen LogP contribution in [0.4, 0.5) is 0 Å². The van der Waals surface area contributed by atoms with Crippen LogP contribution in [0.1, 0.15) is 66.6 Å². The molecule has 0 bridgehead atoms. The summed E-state index contributed by atoms with van der Waals surface area (Å²) >= 11 is 1.34. The van der Waals surface area contributed by atoms with E-state index in [4.69, 9.17) is 5.11 Å². The van der Waals surface area contributed by atoms with Gasteiger partial charge in [0, 0.05) is 24.6 Å². The van der Waals surface area contributed by atoms with Gasteiger partial charge in [-0.2, -0.15) is 0 Å². The molecular weight excluding hydrogens is 316 g/mol. The third-order valence-electron chi connectivity index (χ3n) is 3.59. The van der Waals surface area contributed by atoms with E-state index in [1.807, 2.05) is 25.2 Å². The number of unbranched alkanes of at least 4 members (excludes halogenated alkanes) is 2. The lowest BCUT2D eigenvalue weighted by molar-refractivity contribution is -0.137. The van der Waals surface area contributed by atoms with Crippen LogP contribution in [0, 0.1) is 6.92 Å². The van der Waals surface area contributed by atoms with Gasteiger partial charge in [-0.15, -0.1) is 10.2 Å². The Morgan fingerprint density at radius 2 is 2.00 bits per heavy atom. The van der Waals surface area contributed by atoms with E-state index >= 15 is 0 Å². The van der Waals surface area contributed by atoms with E-state index in [-0.39, 0.29) is 18.2 Å². The Labute approximate surface area is 138 Å². The molecule has 2 aromatic rings. The first-order valence-electron chi connectivity index (χ1n) is 7.76. The second kappa shape index (κ2) is 7.54. The molecule has 2 N–H and O–H groups in total. The number of rotatable bonds is 8. The second-order valence-electron chi connectivity index (χ2n) is 5.81. The third kappa shape index (κ3) is 4.07. The van der Waals surface area contributed by atoms with Gasteiger partial charge in [0.2, 0.25) is 4.96 Å². The highest BCUT2D eigenvalue weighted by Gasteiger charge is 2.20. The molecule has 0 unspecified atom stereocenters. The number of fused-ring (bicyclic) bond motifs is 1.